The standard InChI is InChI=1S/C7H6Cl2NO2PS/c8-13(9,14)5-6-1-3-7(4-2-6)10(11)12/h1-4H,5H2. The summed E-state index contributed by atoms with van der Waals surface area (Å²) in [5.41, 5.74) is 0.870. The molecule has 1 aromatic carbocycles. The van der Waals surface area contributed by atoms with Crippen molar-refractivity contribution in [3.05, 3.63) is 39.9 Å². The molecule has 0 aliphatic heterocycles. The van der Waals surface area contributed by atoms with Crippen LogP contribution in [0.15, 0.2) is 24.3 Å². The van der Waals surface area contributed by atoms with Gasteiger partial charge < -0.3 is 0 Å². The molecule has 3 nitrogen and oxygen atoms in total. The lowest BCUT2D eigenvalue weighted by atomic mass is 10.2. The Morgan fingerprint density at radius 3 is 2.21 bits per heavy atom. The Bertz CT molecular complexity index is 389. The predicted octanol–water partition coefficient (Wildman–Crippen LogP) is 3.88. The molecule has 0 heterocycles. The first-order valence-electron chi connectivity index (χ1n) is 3.60. The lowest BCUT2D eigenvalue weighted by Gasteiger charge is -2.04. The summed E-state index contributed by atoms with van der Waals surface area (Å²) < 4.78 is -2.32. The molecule has 0 fully saturated rings. The SMILES string of the molecule is O=[N+]([O-])c1ccc(CP(=S)(Cl)Cl)cc1. The van der Waals surface area contributed by atoms with Gasteiger partial charge >= 0.3 is 0 Å². The lowest BCUT2D eigenvalue weighted by Crippen LogP contribution is -1.88. The van der Waals surface area contributed by atoms with Gasteiger partial charge in [-0.3, -0.25) is 10.1 Å². The van der Waals surface area contributed by atoms with Gasteiger partial charge in [-0.1, -0.05) is 46.4 Å². The van der Waals surface area contributed by atoms with E-state index in [-0.39, 0.29) is 5.69 Å². The van der Waals surface area contributed by atoms with Gasteiger partial charge in [0.1, 0.15) is 4.74 Å². The number of benzene rings is 1. The molecule has 0 aliphatic carbocycles. The molecular weight excluding hydrogens is 264 g/mol. The average molecular weight is 270 g/mol. The zero-order valence-corrected chi connectivity index (χ0v) is 10.1. The molecule has 14 heavy (non-hydrogen) atoms. The maximum Gasteiger partial charge on any atom is 0.269 e. The highest BCUT2D eigenvalue weighted by atomic mass is 35.9. The largest absolute Gasteiger partial charge is 0.269 e. The highest BCUT2D eigenvalue weighted by molar-refractivity contribution is 8.38. The van der Waals surface area contributed by atoms with Crippen molar-refractivity contribution in [1.29, 1.82) is 0 Å². The van der Waals surface area contributed by atoms with Gasteiger partial charge in [-0.25, -0.2) is 0 Å². The number of non-ortho nitro benzene ring substituents is 1. The zero-order chi connectivity index (χ0) is 10.8. The van der Waals surface area contributed by atoms with Crippen molar-refractivity contribution < 1.29 is 4.92 Å². The molecule has 0 N–H and O–H groups in total. The summed E-state index contributed by atoms with van der Waals surface area (Å²) in [4.78, 5) is 9.88. The molecule has 1 rings (SSSR count). The third-order valence-electron chi connectivity index (χ3n) is 1.51. The summed E-state index contributed by atoms with van der Waals surface area (Å²) in [7, 11) is 0. The van der Waals surface area contributed by atoms with Crippen molar-refractivity contribution in [2.24, 2.45) is 0 Å². The summed E-state index contributed by atoms with van der Waals surface area (Å²) in [6, 6.07) is 6.05. The van der Waals surface area contributed by atoms with Crippen molar-refractivity contribution in [3.8, 4) is 0 Å². The van der Waals surface area contributed by atoms with Gasteiger partial charge in [0.25, 0.3) is 5.69 Å². The maximum absolute atomic E-state index is 10.3. The molecule has 0 unspecified atom stereocenters. The summed E-state index contributed by atoms with van der Waals surface area (Å²) in [5, 5.41) is 10.3. The minimum absolute atomic E-state index is 0.0474. The van der Waals surface area contributed by atoms with Crippen LogP contribution >= 0.6 is 27.2 Å². The van der Waals surface area contributed by atoms with Gasteiger partial charge in [-0.2, -0.15) is 0 Å². The van der Waals surface area contributed by atoms with E-state index in [1.165, 1.54) is 12.1 Å². The molecule has 0 saturated carbocycles. The van der Waals surface area contributed by atoms with Crippen molar-refractivity contribution in [2.45, 2.75) is 6.16 Å². The monoisotopic (exact) mass is 269 g/mol. The molecule has 0 atom stereocenters. The Hall–Kier alpha value is -0.150. The smallest absolute Gasteiger partial charge is 0.258 e. The van der Waals surface area contributed by atoms with E-state index >= 15 is 0 Å². The molecule has 0 aromatic heterocycles. The highest BCUT2D eigenvalue weighted by Crippen LogP contribution is 2.59. The third kappa shape index (κ3) is 3.93. The van der Waals surface area contributed by atoms with Crippen LogP contribution in [-0.4, -0.2) is 4.92 Å². The lowest BCUT2D eigenvalue weighted by molar-refractivity contribution is -0.384. The number of halogens is 2. The number of hydrogen-bond donors (Lipinski definition) is 0. The molecule has 0 saturated heterocycles. The highest BCUT2D eigenvalue weighted by Gasteiger charge is 2.11. The van der Waals surface area contributed by atoms with Gasteiger partial charge in [0.2, 0.25) is 0 Å². The van der Waals surface area contributed by atoms with E-state index in [1.54, 1.807) is 12.1 Å². The number of hydrogen-bond acceptors (Lipinski definition) is 3. The van der Waals surface area contributed by atoms with E-state index in [9.17, 15) is 10.1 Å². The molecule has 76 valence electrons. The van der Waals surface area contributed by atoms with Gasteiger partial charge in [0, 0.05) is 18.3 Å². The fraction of sp³-hybridized carbons (Fsp3) is 0.143. The van der Waals surface area contributed by atoms with Crippen LogP contribution < -0.4 is 0 Å². The summed E-state index contributed by atoms with van der Waals surface area (Å²) in [6.45, 7) is 0. The number of rotatable bonds is 3. The van der Waals surface area contributed by atoms with Crippen LogP contribution in [0.2, 0.25) is 0 Å². The van der Waals surface area contributed by atoms with Crippen LogP contribution in [0, 0.1) is 10.1 Å². The molecule has 0 aliphatic rings. The Morgan fingerprint density at radius 2 is 1.86 bits per heavy atom. The van der Waals surface area contributed by atoms with Crippen molar-refractivity contribution >= 4 is 44.7 Å². The van der Waals surface area contributed by atoms with E-state index in [4.69, 9.17) is 34.3 Å². The van der Waals surface area contributed by atoms with Crippen LogP contribution in [0.25, 0.3) is 0 Å². The molecule has 0 radical (unpaired) electrons. The summed E-state index contributed by atoms with van der Waals surface area (Å²) in [5.74, 6) is 0. The minimum atomic E-state index is -2.32. The van der Waals surface area contributed by atoms with E-state index in [1.807, 2.05) is 0 Å². The number of nitrogens with zero attached hydrogens (tertiary/aromatic N) is 1. The molecule has 7 heteroatoms. The van der Waals surface area contributed by atoms with Crippen LogP contribution in [0.3, 0.4) is 0 Å². The molecule has 0 bridgehead atoms. The maximum atomic E-state index is 10.3. The average Bonchev–Trinajstić information content (AvgIpc) is 2.02. The summed E-state index contributed by atoms with van der Waals surface area (Å²) in [6.07, 6.45) is 0.392. The molecule has 1 aromatic rings. The normalized spacial score (nSPS) is 11.3. The van der Waals surface area contributed by atoms with E-state index in [2.05, 4.69) is 0 Å². The third-order valence-corrected chi connectivity index (χ3v) is 3.35. The predicted molar refractivity (Wildman–Crippen MR) is 62.8 cm³/mol. The van der Waals surface area contributed by atoms with Gasteiger partial charge in [0.05, 0.1) is 4.92 Å². The Labute approximate surface area is 95.8 Å². The van der Waals surface area contributed by atoms with E-state index in [0.717, 1.165) is 5.56 Å². The molecule has 0 amide bonds. The second-order valence-corrected chi connectivity index (χ2v) is 11.2. The quantitative estimate of drug-likeness (QED) is 0.475. The van der Waals surface area contributed by atoms with Gasteiger partial charge in [-0.05, 0) is 5.56 Å². The van der Waals surface area contributed by atoms with Crippen molar-refractivity contribution in [3.63, 3.8) is 0 Å². The second-order valence-electron chi connectivity index (χ2n) is 2.65. The van der Waals surface area contributed by atoms with Crippen LogP contribution in [0.1, 0.15) is 5.56 Å². The second kappa shape index (κ2) is 4.58. The first-order chi connectivity index (χ1) is 6.38. The first kappa shape index (κ1) is 11.9. The number of nitro benzene ring substituents is 1. The van der Waals surface area contributed by atoms with Crippen molar-refractivity contribution in [1.82, 2.24) is 0 Å². The van der Waals surface area contributed by atoms with Crippen LogP contribution in [0.4, 0.5) is 5.69 Å². The fourth-order valence-corrected chi connectivity index (χ4v) is 2.85. The fourth-order valence-electron chi connectivity index (χ4n) is 0.936. The van der Waals surface area contributed by atoms with E-state index in [0.29, 0.717) is 6.16 Å². The topological polar surface area (TPSA) is 43.1 Å². The zero-order valence-electron chi connectivity index (χ0n) is 6.89. The van der Waals surface area contributed by atoms with Crippen LogP contribution in [-0.2, 0) is 18.0 Å². The van der Waals surface area contributed by atoms with Gasteiger partial charge in [-0.15, -0.1) is 0 Å². The Morgan fingerprint density at radius 1 is 1.36 bits per heavy atom. The van der Waals surface area contributed by atoms with Crippen LogP contribution in [0.5, 0.6) is 0 Å². The molecular formula is C7H6Cl2NO2PS. The van der Waals surface area contributed by atoms with E-state index < -0.39 is 9.67 Å². The van der Waals surface area contributed by atoms with Gasteiger partial charge in [0.15, 0.2) is 0 Å². The Balaban J connectivity index is 2.84. The first-order valence-corrected chi connectivity index (χ1v) is 8.40. The minimum Gasteiger partial charge on any atom is -0.258 e. The Kier molecular flexibility index (Phi) is 3.90. The van der Waals surface area contributed by atoms with Crippen molar-refractivity contribution in [2.75, 3.05) is 0 Å². The molecule has 0 spiro atoms. The summed E-state index contributed by atoms with van der Waals surface area (Å²) >= 11 is 16.3. The number of nitro groups is 1.